The van der Waals surface area contributed by atoms with Crippen molar-refractivity contribution >= 4 is 15.9 Å². The van der Waals surface area contributed by atoms with Gasteiger partial charge in [0.25, 0.3) is 0 Å². The molecule has 0 radical (unpaired) electrons. The van der Waals surface area contributed by atoms with Crippen molar-refractivity contribution in [2.75, 3.05) is 18.8 Å². The van der Waals surface area contributed by atoms with Gasteiger partial charge in [-0.1, -0.05) is 13.8 Å². The molecule has 13 heavy (non-hydrogen) atoms. The molecule has 0 aliphatic rings. The van der Waals surface area contributed by atoms with E-state index in [0.29, 0.717) is 13.0 Å². The minimum absolute atomic E-state index is 0.00116. The van der Waals surface area contributed by atoms with Crippen LogP contribution in [0.1, 0.15) is 20.3 Å². The molecule has 0 aromatic rings. The van der Waals surface area contributed by atoms with Gasteiger partial charge in [0.1, 0.15) is 5.84 Å². The van der Waals surface area contributed by atoms with Gasteiger partial charge in [-0.3, -0.25) is 5.41 Å². The summed E-state index contributed by atoms with van der Waals surface area (Å²) in [5.41, 5.74) is 5.14. The standard InChI is InChI=1S/C7H17N3O2S/c1-3-5-13(11,12)10(4-2)6-7(8)9/h3-6H2,1-2H3,(H3,8,9). The van der Waals surface area contributed by atoms with Crippen molar-refractivity contribution in [3.63, 3.8) is 0 Å². The maximum absolute atomic E-state index is 11.5. The Morgan fingerprint density at radius 2 is 2.00 bits per heavy atom. The highest BCUT2D eigenvalue weighted by Crippen LogP contribution is 2.01. The average molecular weight is 207 g/mol. The summed E-state index contributed by atoms with van der Waals surface area (Å²) in [4.78, 5) is 0. The van der Waals surface area contributed by atoms with Crippen molar-refractivity contribution < 1.29 is 8.42 Å². The summed E-state index contributed by atoms with van der Waals surface area (Å²) < 4.78 is 24.2. The van der Waals surface area contributed by atoms with Gasteiger partial charge in [0.05, 0.1) is 12.3 Å². The number of likely N-dealkylation sites (N-methyl/N-ethyl adjacent to an activating group) is 1. The second-order valence-electron chi connectivity index (χ2n) is 2.77. The summed E-state index contributed by atoms with van der Waals surface area (Å²) in [6, 6.07) is 0. The van der Waals surface area contributed by atoms with Crippen molar-refractivity contribution in [1.82, 2.24) is 4.31 Å². The third-order valence-electron chi connectivity index (χ3n) is 1.55. The monoisotopic (exact) mass is 207 g/mol. The van der Waals surface area contributed by atoms with E-state index in [1.165, 1.54) is 4.31 Å². The van der Waals surface area contributed by atoms with Crippen LogP contribution in [-0.4, -0.2) is 37.4 Å². The van der Waals surface area contributed by atoms with Gasteiger partial charge in [0, 0.05) is 6.54 Å². The Morgan fingerprint density at radius 1 is 1.46 bits per heavy atom. The molecule has 0 saturated carbocycles. The predicted molar refractivity (Wildman–Crippen MR) is 53.2 cm³/mol. The lowest BCUT2D eigenvalue weighted by Crippen LogP contribution is -2.39. The normalized spacial score (nSPS) is 11.9. The van der Waals surface area contributed by atoms with Crippen LogP contribution in [-0.2, 0) is 10.0 Å². The summed E-state index contributed by atoms with van der Waals surface area (Å²) >= 11 is 0. The second-order valence-corrected chi connectivity index (χ2v) is 4.86. The van der Waals surface area contributed by atoms with E-state index in [1.807, 2.05) is 0 Å². The molecule has 0 heterocycles. The highest BCUT2D eigenvalue weighted by molar-refractivity contribution is 7.89. The van der Waals surface area contributed by atoms with Crippen molar-refractivity contribution in [3.8, 4) is 0 Å². The van der Waals surface area contributed by atoms with E-state index < -0.39 is 10.0 Å². The van der Waals surface area contributed by atoms with Crippen LogP contribution in [0.2, 0.25) is 0 Å². The Bertz CT molecular complexity index is 261. The lowest BCUT2D eigenvalue weighted by molar-refractivity contribution is 0.465. The molecule has 0 aromatic heterocycles. The third kappa shape index (κ3) is 4.23. The first-order valence-corrected chi connectivity index (χ1v) is 5.85. The van der Waals surface area contributed by atoms with Gasteiger partial charge in [-0.2, -0.15) is 4.31 Å². The van der Waals surface area contributed by atoms with Crippen molar-refractivity contribution in [2.45, 2.75) is 20.3 Å². The zero-order valence-corrected chi connectivity index (χ0v) is 8.89. The molecular formula is C7H17N3O2S. The molecule has 0 fully saturated rings. The molecule has 0 bridgehead atoms. The van der Waals surface area contributed by atoms with Crippen LogP contribution < -0.4 is 5.73 Å². The minimum Gasteiger partial charge on any atom is -0.387 e. The van der Waals surface area contributed by atoms with Crippen LogP contribution in [0.3, 0.4) is 0 Å². The number of nitrogens with zero attached hydrogens (tertiary/aromatic N) is 1. The summed E-state index contributed by atoms with van der Waals surface area (Å²) in [5, 5.41) is 7.01. The highest BCUT2D eigenvalue weighted by atomic mass is 32.2. The number of nitrogens with two attached hydrogens (primary N) is 1. The molecule has 0 rings (SSSR count). The van der Waals surface area contributed by atoms with E-state index in [2.05, 4.69) is 0 Å². The second kappa shape index (κ2) is 5.18. The molecule has 0 atom stereocenters. The SMILES string of the molecule is CCCS(=O)(=O)N(CC)CC(=N)N. The molecule has 0 aliphatic carbocycles. The first-order valence-electron chi connectivity index (χ1n) is 4.24. The molecule has 5 nitrogen and oxygen atoms in total. The molecule has 3 N–H and O–H groups in total. The predicted octanol–water partition coefficient (Wildman–Crippen LogP) is -0.0159. The van der Waals surface area contributed by atoms with Gasteiger partial charge in [-0.05, 0) is 6.42 Å². The maximum Gasteiger partial charge on any atom is 0.214 e. The fraction of sp³-hybridized carbons (Fsp3) is 0.857. The van der Waals surface area contributed by atoms with Crippen molar-refractivity contribution in [2.24, 2.45) is 5.73 Å². The molecule has 0 aliphatic heterocycles. The Balaban J connectivity index is 4.47. The fourth-order valence-electron chi connectivity index (χ4n) is 0.984. The number of nitrogens with one attached hydrogen (secondary N) is 1. The van der Waals surface area contributed by atoms with E-state index in [4.69, 9.17) is 11.1 Å². The Labute approximate surface area is 79.5 Å². The van der Waals surface area contributed by atoms with Gasteiger partial charge in [0.15, 0.2) is 0 Å². The summed E-state index contributed by atoms with van der Waals surface area (Å²) in [6.45, 7) is 3.90. The Kier molecular flexibility index (Phi) is 4.94. The molecule has 0 aromatic carbocycles. The summed E-state index contributed by atoms with van der Waals surface area (Å²) in [6.07, 6.45) is 0.580. The van der Waals surface area contributed by atoms with Crippen LogP contribution in [0.5, 0.6) is 0 Å². The minimum atomic E-state index is -3.21. The average Bonchev–Trinajstić information content (AvgIpc) is 1.99. The van der Waals surface area contributed by atoms with Crippen LogP contribution >= 0.6 is 0 Å². The topological polar surface area (TPSA) is 87.2 Å². The Morgan fingerprint density at radius 3 is 2.31 bits per heavy atom. The van der Waals surface area contributed by atoms with E-state index in [0.717, 1.165) is 0 Å². The van der Waals surface area contributed by atoms with Gasteiger partial charge < -0.3 is 5.73 Å². The van der Waals surface area contributed by atoms with Crippen molar-refractivity contribution in [3.05, 3.63) is 0 Å². The van der Waals surface area contributed by atoms with E-state index in [1.54, 1.807) is 13.8 Å². The first-order chi connectivity index (χ1) is 5.94. The maximum atomic E-state index is 11.5. The number of amidine groups is 1. The number of hydrogen-bond donors (Lipinski definition) is 2. The van der Waals surface area contributed by atoms with E-state index in [9.17, 15) is 8.42 Å². The largest absolute Gasteiger partial charge is 0.387 e. The lowest BCUT2D eigenvalue weighted by Gasteiger charge is -2.18. The summed E-state index contributed by atoms with van der Waals surface area (Å²) in [7, 11) is -3.21. The molecule has 0 spiro atoms. The lowest BCUT2D eigenvalue weighted by atomic mass is 10.6. The molecule has 0 unspecified atom stereocenters. The van der Waals surface area contributed by atoms with Gasteiger partial charge in [-0.25, -0.2) is 8.42 Å². The molecule has 6 heteroatoms. The first kappa shape index (κ1) is 12.4. The summed E-state index contributed by atoms with van der Waals surface area (Å²) in [5.74, 6) is -0.00442. The number of rotatable bonds is 6. The number of sulfonamides is 1. The van der Waals surface area contributed by atoms with Crippen LogP contribution in [0.4, 0.5) is 0 Å². The van der Waals surface area contributed by atoms with E-state index >= 15 is 0 Å². The Hall–Kier alpha value is -0.620. The fourth-order valence-corrected chi connectivity index (χ4v) is 2.49. The number of hydrogen-bond acceptors (Lipinski definition) is 3. The van der Waals surface area contributed by atoms with Crippen LogP contribution in [0.15, 0.2) is 0 Å². The molecular weight excluding hydrogens is 190 g/mol. The van der Waals surface area contributed by atoms with Gasteiger partial charge in [0.2, 0.25) is 10.0 Å². The van der Waals surface area contributed by atoms with Gasteiger partial charge in [-0.15, -0.1) is 0 Å². The van der Waals surface area contributed by atoms with Crippen LogP contribution in [0.25, 0.3) is 0 Å². The zero-order chi connectivity index (χ0) is 10.5. The quantitative estimate of drug-likeness (QED) is 0.474. The smallest absolute Gasteiger partial charge is 0.214 e. The van der Waals surface area contributed by atoms with Crippen LogP contribution in [0, 0.1) is 5.41 Å². The zero-order valence-electron chi connectivity index (χ0n) is 8.08. The van der Waals surface area contributed by atoms with Gasteiger partial charge >= 0.3 is 0 Å². The van der Waals surface area contributed by atoms with E-state index in [-0.39, 0.29) is 18.1 Å². The molecule has 0 saturated heterocycles. The highest BCUT2D eigenvalue weighted by Gasteiger charge is 2.19. The van der Waals surface area contributed by atoms with Crippen molar-refractivity contribution in [1.29, 1.82) is 5.41 Å². The third-order valence-corrected chi connectivity index (χ3v) is 3.65. The molecule has 0 amide bonds. The molecule has 78 valence electrons.